The van der Waals surface area contributed by atoms with Gasteiger partial charge in [-0.3, -0.25) is 4.79 Å². The van der Waals surface area contributed by atoms with Crippen LogP contribution in [0.1, 0.15) is 19.8 Å². The lowest BCUT2D eigenvalue weighted by atomic mass is 10.1. The molecule has 1 aromatic rings. The first-order valence-electron chi connectivity index (χ1n) is 6.78. The van der Waals surface area contributed by atoms with Crippen molar-refractivity contribution in [1.29, 1.82) is 0 Å². The Labute approximate surface area is 127 Å². The Bertz CT molecular complexity index is 538. The van der Waals surface area contributed by atoms with Crippen LogP contribution in [-0.2, 0) is 4.79 Å². The van der Waals surface area contributed by atoms with Crippen LogP contribution in [0, 0.1) is 0 Å². The van der Waals surface area contributed by atoms with Crippen LogP contribution >= 0.6 is 23.4 Å². The molecule has 1 aromatic carbocycles. The summed E-state index contributed by atoms with van der Waals surface area (Å²) in [6, 6.07) is 4.04. The van der Waals surface area contributed by atoms with E-state index in [1.165, 1.54) is 12.2 Å². The molecule has 2 atom stereocenters. The summed E-state index contributed by atoms with van der Waals surface area (Å²) >= 11 is 8.29. The maximum atomic E-state index is 11.3. The second-order valence-corrected chi connectivity index (χ2v) is 7.03. The van der Waals surface area contributed by atoms with Crippen molar-refractivity contribution >= 4 is 40.6 Å². The number of hydrogen-bond acceptors (Lipinski definition) is 4. The Hall–Kier alpha value is -1.07. The predicted octanol–water partition coefficient (Wildman–Crippen LogP) is 3.37. The topological polar surface area (TPSA) is 50.4 Å². The molecule has 1 amide bonds. The molecule has 6 heteroatoms. The normalized spacial score (nSPS) is 25.4. The van der Waals surface area contributed by atoms with Gasteiger partial charge in [0.1, 0.15) is 5.75 Å². The minimum atomic E-state index is -0.147. The van der Waals surface area contributed by atoms with E-state index in [0.717, 1.165) is 12.1 Å². The molecule has 2 N–H and O–H groups in total. The average molecular weight is 313 g/mol. The summed E-state index contributed by atoms with van der Waals surface area (Å²) in [4.78, 5) is 11.3. The SMILES string of the molecule is CC1SCCCC1Nc1cc2c(cc1Cl)NC(=O)CO2. The molecule has 0 saturated carbocycles. The Morgan fingerprint density at radius 1 is 1.50 bits per heavy atom. The number of anilines is 2. The molecule has 3 rings (SSSR count). The van der Waals surface area contributed by atoms with E-state index in [1.807, 2.05) is 17.8 Å². The van der Waals surface area contributed by atoms with Gasteiger partial charge in [0.15, 0.2) is 6.61 Å². The molecular formula is C14H17ClN2O2S. The van der Waals surface area contributed by atoms with E-state index in [-0.39, 0.29) is 12.5 Å². The van der Waals surface area contributed by atoms with Crippen molar-refractivity contribution in [3.63, 3.8) is 0 Å². The highest BCUT2D eigenvalue weighted by molar-refractivity contribution is 8.00. The molecule has 0 aliphatic carbocycles. The second kappa shape index (κ2) is 5.74. The summed E-state index contributed by atoms with van der Waals surface area (Å²) in [5.41, 5.74) is 1.52. The quantitative estimate of drug-likeness (QED) is 0.879. The highest BCUT2D eigenvalue weighted by atomic mass is 35.5. The minimum Gasteiger partial charge on any atom is -0.482 e. The fraction of sp³-hybridized carbons (Fsp3) is 0.500. The van der Waals surface area contributed by atoms with Gasteiger partial charge in [0.2, 0.25) is 0 Å². The number of carbonyl (C=O) groups excluding carboxylic acids is 1. The lowest BCUT2D eigenvalue weighted by molar-refractivity contribution is -0.118. The van der Waals surface area contributed by atoms with Crippen molar-refractivity contribution in [3.05, 3.63) is 17.2 Å². The standard InChI is InChI=1S/C14H17ClN2O2S/c1-8-10(3-2-4-20-8)16-11-6-13-12(5-9(11)15)17-14(18)7-19-13/h5-6,8,10,16H,2-4,7H2,1H3,(H,17,18). The van der Waals surface area contributed by atoms with Gasteiger partial charge in [0.25, 0.3) is 5.91 Å². The second-order valence-electron chi connectivity index (χ2n) is 5.13. The first-order valence-corrected chi connectivity index (χ1v) is 8.20. The summed E-state index contributed by atoms with van der Waals surface area (Å²) < 4.78 is 5.43. The first kappa shape index (κ1) is 13.9. The molecule has 2 unspecified atom stereocenters. The van der Waals surface area contributed by atoms with Crippen LogP contribution in [0.25, 0.3) is 0 Å². The Morgan fingerprint density at radius 3 is 3.15 bits per heavy atom. The molecule has 108 valence electrons. The fourth-order valence-corrected chi connectivity index (χ4v) is 3.88. The lowest BCUT2D eigenvalue weighted by Crippen LogP contribution is -2.33. The summed E-state index contributed by atoms with van der Waals surface area (Å²) in [6.07, 6.45) is 2.38. The minimum absolute atomic E-state index is 0.0593. The zero-order valence-corrected chi connectivity index (χ0v) is 12.8. The van der Waals surface area contributed by atoms with E-state index in [2.05, 4.69) is 17.6 Å². The van der Waals surface area contributed by atoms with Gasteiger partial charge in [0, 0.05) is 17.4 Å². The molecule has 0 aromatic heterocycles. The number of carbonyl (C=O) groups is 1. The van der Waals surface area contributed by atoms with E-state index in [4.69, 9.17) is 16.3 Å². The number of nitrogens with one attached hydrogen (secondary N) is 2. The molecule has 0 spiro atoms. The zero-order chi connectivity index (χ0) is 14.1. The van der Waals surface area contributed by atoms with Gasteiger partial charge < -0.3 is 15.4 Å². The summed E-state index contributed by atoms with van der Waals surface area (Å²) in [5.74, 6) is 1.76. The zero-order valence-electron chi connectivity index (χ0n) is 11.2. The Kier molecular flexibility index (Phi) is 3.98. The van der Waals surface area contributed by atoms with Crippen molar-refractivity contribution < 1.29 is 9.53 Å². The monoisotopic (exact) mass is 312 g/mol. The van der Waals surface area contributed by atoms with Gasteiger partial charge in [0.05, 0.1) is 16.4 Å². The third-order valence-corrected chi connectivity index (χ3v) is 5.34. The van der Waals surface area contributed by atoms with Crippen LogP contribution in [-0.4, -0.2) is 29.6 Å². The molecule has 1 saturated heterocycles. The Morgan fingerprint density at radius 2 is 2.35 bits per heavy atom. The molecule has 0 bridgehead atoms. The highest BCUT2D eigenvalue weighted by Gasteiger charge is 2.24. The molecule has 2 heterocycles. The van der Waals surface area contributed by atoms with E-state index in [0.29, 0.717) is 27.8 Å². The van der Waals surface area contributed by atoms with E-state index < -0.39 is 0 Å². The molecule has 2 aliphatic rings. The van der Waals surface area contributed by atoms with Gasteiger partial charge in [-0.1, -0.05) is 18.5 Å². The molecular weight excluding hydrogens is 296 g/mol. The number of benzene rings is 1. The van der Waals surface area contributed by atoms with E-state index in [9.17, 15) is 4.79 Å². The van der Waals surface area contributed by atoms with Gasteiger partial charge in [-0.2, -0.15) is 11.8 Å². The van der Waals surface area contributed by atoms with Crippen molar-refractivity contribution in [2.45, 2.75) is 31.1 Å². The summed E-state index contributed by atoms with van der Waals surface area (Å²) in [5, 5.41) is 7.45. The van der Waals surface area contributed by atoms with Gasteiger partial charge in [-0.05, 0) is 24.7 Å². The van der Waals surface area contributed by atoms with Crippen molar-refractivity contribution in [3.8, 4) is 5.75 Å². The number of fused-ring (bicyclic) bond motifs is 1. The third-order valence-electron chi connectivity index (χ3n) is 3.65. The van der Waals surface area contributed by atoms with Crippen LogP contribution in [0.15, 0.2) is 12.1 Å². The number of rotatable bonds is 2. The maximum absolute atomic E-state index is 11.3. The molecule has 0 radical (unpaired) electrons. The van der Waals surface area contributed by atoms with Crippen LogP contribution < -0.4 is 15.4 Å². The Balaban J connectivity index is 1.81. The largest absolute Gasteiger partial charge is 0.482 e. The van der Waals surface area contributed by atoms with Gasteiger partial charge >= 0.3 is 0 Å². The number of halogens is 1. The van der Waals surface area contributed by atoms with Crippen LogP contribution in [0.4, 0.5) is 11.4 Å². The molecule has 20 heavy (non-hydrogen) atoms. The predicted molar refractivity (Wildman–Crippen MR) is 84.1 cm³/mol. The number of hydrogen-bond donors (Lipinski definition) is 2. The average Bonchev–Trinajstić information content (AvgIpc) is 2.42. The smallest absolute Gasteiger partial charge is 0.262 e. The fourth-order valence-electron chi connectivity index (χ4n) is 2.52. The van der Waals surface area contributed by atoms with Crippen molar-refractivity contribution in [2.24, 2.45) is 0 Å². The van der Waals surface area contributed by atoms with Gasteiger partial charge in [-0.15, -0.1) is 0 Å². The highest BCUT2D eigenvalue weighted by Crippen LogP contribution is 2.38. The lowest BCUT2D eigenvalue weighted by Gasteiger charge is -2.30. The van der Waals surface area contributed by atoms with Crippen LogP contribution in [0.2, 0.25) is 5.02 Å². The van der Waals surface area contributed by atoms with Crippen LogP contribution in [0.3, 0.4) is 0 Å². The van der Waals surface area contributed by atoms with E-state index in [1.54, 1.807) is 6.07 Å². The summed E-state index contributed by atoms with van der Waals surface area (Å²) in [6.45, 7) is 2.30. The number of ether oxygens (including phenoxy) is 1. The molecule has 1 fully saturated rings. The van der Waals surface area contributed by atoms with E-state index >= 15 is 0 Å². The van der Waals surface area contributed by atoms with Crippen molar-refractivity contribution in [1.82, 2.24) is 0 Å². The van der Waals surface area contributed by atoms with Crippen LogP contribution in [0.5, 0.6) is 5.75 Å². The first-order chi connectivity index (χ1) is 9.63. The third kappa shape index (κ3) is 2.83. The maximum Gasteiger partial charge on any atom is 0.262 e. The summed E-state index contributed by atoms with van der Waals surface area (Å²) in [7, 11) is 0. The molecule has 4 nitrogen and oxygen atoms in total. The number of thioether (sulfide) groups is 1. The number of amides is 1. The molecule has 2 aliphatic heterocycles. The van der Waals surface area contributed by atoms with Crippen molar-refractivity contribution in [2.75, 3.05) is 23.0 Å². The van der Waals surface area contributed by atoms with Gasteiger partial charge in [-0.25, -0.2) is 0 Å².